The van der Waals surface area contributed by atoms with E-state index >= 15 is 0 Å². The van der Waals surface area contributed by atoms with Crippen molar-refractivity contribution in [2.75, 3.05) is 31.6 Å². The summed E-state index contributed by atoms with van der Waals surface area (Å²) in [6, 6.07) is 9.76. The van der Waals surface area contributed by atoms with Crippen molar-refractivity contribution in [3.63, 3.8) is 0 Å². The number of nitrogens with zero attached hydrogens (tertiary/aromatic N) is 5. The third kappa shape index (κ3) is 3.08. The number of ether oxygens (including phenoxy) is 1. The van der Waals surface area contributed by atoms with Crippen LogP contribution in [0, 0.1) is 5.41 Å². The maximum atomic E-state index is 13.3. The average Bonchev–Trinajstić information content (AvgIpc) is 3.31. The second kappa shape index (κ2) is 7.02. The first kappa shape index (κ1) is 17.9. The van der Waals surface area contributed by atoms with Gasteiger partial charge in [-0.1, -0.05) is 18.2 Å². The number of nitrogens with one attached hydrogen (secondary N) is 1. The van der Waals surface area contributed by atoms with Crippen molar-refractivity contribution in [2.45, 2.75) is 25.8 Å². The lowest BCUT2D eigenvalue weighted by molar-refractivity contribution is -0.137. The number of carbonyl (C=O) groups is 1. The number of carbonyl (C=O) groups excluding carboxylic acids is 1. The Labute approximate surface area is 168 Å². The van der Waals surface area contributed by atoms with Gasteiger partial charge in [0.15, 0.2) is 0 Å². The number of H-pyrrole nitrogens is 1. The Morgan fingerprint density at radius 3 is 2.76 bits per heavy atom. The Balaban J connectivity index is 1.27. The third-order valence-corrected chi connectivity index (χ3v) is 6.32. The van der Waals surface area contributed by atoms with E-state index in [4.69, 9.17) is 4.74 Å². The van der Waals surface area contributed by atoms with Gasteiger partial charge < -0.3 is 14.5 Å². The predicted molar refractivity (Wildman–Crippen MR) is 109 cm³/mol. The molecule has 29 heavy (non-hydrogen) atoms. The van der Waals surface area contributed by atoms with Crippen LogP contribution in [0.3, 0.4) is 0 Å². The van der Waals surface area contributed by atoms with E-state index in [9.17, 15) is 4.79 Å². The van der Waals surface area contributed by atoms with Gasteiger partial charge in [0.05, 0.1) is 30.3 Å². The molecule has 2 aromatic heterocycles. The molecule has 1 amide bonds. The number of anilines is 1. The first-order valence-electron chi connectivity index (χ1n) is 10.0. The number of methoxy groups -OCH3 is 1. The van der Waals surface area contributed by atoms with Crippen LogP contribution in [0.2, 0.25) is 0 Å². The molecule has 5 rings (SSSR count). The van der Waals surface area contributed by atoms with Gasteiger partial charge in [-0.25, -0.2) is 4.98 Å². The highest BCUT2D eigenvalue weighted by molar-refractivity contribution is 5.86. The molecule has 0 aliphatic carbocycles. The molecule has 1 spiro atoms. The molecule has 8 heteroatoms. The number of hydrogen-bond donors (Lipinski definition) is 1. The Kier molecular flexibility index (Phi) is 4.34. The van der Waals surface area contributed by atoms with Gasteiger partial charge >= 0.3 is 0 Å². The summed E-state index contributed by atoms with van der Waals surface area (Å²) in [5.41, 5.74) is 1.69. The topological polar surface area (TPSA) is 87.2 Å². The second-order valence-electron chi connectivity index (χ2n) is 7.86. The lowest BCUT2D eigenvalue weighted by atomic mass is 9.77. The fraction of sp³-hybridized carbons (Fsp3) is 0.429. The Morgan fingerprint density at radius 2 is 1.93 bits per heavy atom. The highest BCUT2D eigenvalue weighted by Gasteiger charge is 2.48. The SMILES string of the molecule is COc1ccnc(N2CCC3(CCN(Cc4[nH]nc5ccccc45)C3=O)CC2)n1. The van der Waals surface area contributed by atoms with Gasteiger partial charge in [-0.2, -0.15) is 10.1 Å². The molecule has 1 aromatic carbocycles. The first-order chi connectivity index (χ1) is 14.2. The first-order valence-corrected chi connectivity index (χ1v) is 10.0. The summed E-state index contributed by atoms with van der Waals surface area (Å²) in [7, 11) is 1.60. The smallest absolute Gasteiger partial charge is 0.229 e. The quantitative estimate of drug-likeness (QED) is 0.734. The number of rotatable bonds is 4. The summed E-state index contributed by atoms with van der Waals surface area (Å²) in [6.45, 7) is 2.94. The number of benzene rings is 1. The van der Waals surface area contributed by atoms with Crippen LogP contribution in [0.25, 0.3) is 10.9 Å². The maximum Gasteiger partial charge on any atom is 0.229 e. The summed E-state index contributed by atoms with van der Waals surface area (Å²) in [5, 5.41) is 8.55. The van der Waals surface area contributed by atoms with Crippen molar-refractivity contribution in [2.24, 2.45) is 5.41 Å². The third-order valence-electron chi connectivity index (χ3n) is 6.32. The number of hydrogen-bond acceptors (Lipinski definition) is 6. The van der Waals surface area contributed by atoms with E-state index in [2.05, 4.69) is 31.1 Å². The Hall–Kier alpha value is -3.16. The van der Waals surface area contributed by atoms with Crippen LogP contribution < -0.4 is 9.64 Å². The number of fused-ring (bicyclic) bond motifs is 1. The minimum absolute atomic E-state index is 0.259. The molecular formula is C21H24N6O2. The van der Waals surface area contributed by atoms with Gasteiger partial charge in [0.25, 0.3) is 0 Å². The molecule has 0 unspecified atom stereocenters. The van der Waals surface area contributed by atoms with Gasteiger partial charge in [-0.15, -0.1) is 0 Å². The van der Waals surface area contributed by atoms with Crippen molar-refractivity contribution in [1.29, 1.82) is 0 Å². The molecular weight excluding hydrogens is 368 g/mol. The summed E-state index contributed by atoms with van der Waals surface area (Å²) in [4.78, 5) is 26.2. The van der Waals surface area contributed by atoms with Crippen molar-refractivity contribution in [3.05, 3.63) is 42.2 Å². The van der Waals surface area contributed by atoms with Crippen molar-refractivity contribution in [3.8, 4) is 5.88 Å². The van der Waals surface area contributed by atoms with Crippen LogP contribution in [0.5, 0.6) is 5.88 Å². The number of aromatic nitrogens is 4. The van der Waals surface area contributed by atoms with Gasteiger partial charge in [0.2, 0.25) is 17.7 Å². The molecule has 2 aliphatic rings. The molecule has 150 valence electrons. The Bertz CT molecular complexity index is 1040. The van der Waals surface area contributed by atoms with E-state index in [1.807, 2.05) is 23.1 Å². The van der Waals surface area contributed by atoms with Crippen LogP contribution in [-0.2, 0) is 11.3 Å². The molecule has 2 saturated heterocycles. The molecule has 8 nitrogen and oxygen atoms in total. The molecule has 2 fully saturated rings. The molecule has 0 atom stereocenters. The second-order valence-corrected chi connectivity index (χ2v) is 7.86. The Morgan fingerprint density at radius 1 is 1.14 bits per heavy atom. The number of piperidine rings is 1. The predicted octanol–water partition coefficient (Wildman–Crippen LogP) is 2.38. The average molecular weight is 392 g/mol. The van der Waals surface area contributed by atoms with Crippen LogP contribution >= 0.6 is 0 Å². The summed E-state index contributed by atoms with van der Waals surface area (Å²) < 4.78 is 5.20. The van der Waals surface area contributed by atoms with Gasteiger partial charge in [0, 0.05) is 37.3 Å². The summed E-state index contributed by atoms with van der Waals surface area (Å²) >= 11 is 0. The highest BCUT2D eigenvalue weighted by Crippen LogP contribution is 2.42. The normalized spacial score (nSPS) is 18.7. The van der Waals surface area contributed by atoms with E-state index in [-0.39, 0.29) is 11.3 Å². The molecule has 0 saturated carbocycles. The zero-order chi connectivity index (χ0) is 19.8. The van der Waals surface area contributed by atoms with E-state index in [0.29, 0.717) is 18.4 Å². The maximum absolute atomic E-state index is 13.3. The highest BCUT2D eigenvalue weighted by atomic mass is 16.5. The zero-order valence-electron chi connectivity index (χ0n) is 16.5. The van der Waals surface area contributed by atoms with E-state index < -0.39 is 0 Å². The van der Waals surface area contributed by atoms with Crippen LogP contribution in [0.1, 0.15) is 25.0 Å². The van der Waals surface area contributed by atoms with Crippen LogP contribution in [0.15, 0.2) is 36.5 Å². The lowest BCUT2D eigenvalue weighted by Gasteiger charge is -2.37. The largest absolute Gasteiger partial charge is 0.481 e. The zero-order valence-corrected chi connectivity index (χ0v) is 16.5. The fourth-order valence-electron chi connectivity index (χ4n) is 4.57. The molecule has 3 aromatic rings. The monoisotopic (exact) mass is 392 g/mol. The number of para-hydroxylation sites is 1. The number of amides is 1. The molecule has 4 heterocycles. The minimum Gasteiger partial charge on any atom is -0.481 e. The van der Waals surface area contributed by atoms with Gasteiger partial charge in [-0.3, -0.25) is 9.89 Å². The molecule has 0 radical (unpaired) electrons. The molecule has 2 aliphatic heterocycles. The van der Waals surface area contributed by atoms with Crippen LogP contribution in [0.4, 0.5) is 5.95 Å². The standard InChI is InChI=1S/C21H24N6O2/c1-29-18-6-10-22-20(23-18)26-11-7-21(8-12-26)9-13-27(19(21)28)14-17-15-4-2-3-5-16(15)24-25-17/h2-6,10H,7-9,11-14H2,1H3,(H,24,25). The number of aromatic amines is 1. The number of likely N-dealkylation sites (tertiary alicyclic amines) is 1. The summed E-state index contributed by atoms with van der Waals surface area (Å²) in [5.74, 6) is 1.50. The van der Waals surface area contributed by atoms with E-state index in [1.165, 1.54) is 0 Å². The minimum atomic E-state index is -0.259. The fourth-order valence-corrected chi connectivity index (χ4v) is 4.57. The van der Waals surface area contributed by atoms with Crippen LogP contribution in [-0.4, -0.2) is 57.7 Å². The van der Waals surface area contributed by atoms with E-state index in [0.717, 1.165) is 55.5 Å². The van der Waals surface area contributed by atoms with Crippen molar-refractivity contribution < 1.29 is 9.53 Å². The molecule has 1 N–H and O–H groups in total. The van der Waals surface area contributed by atoms with Crippen molar-refractivity contribution in [1.82, 2.24) is 25.1 Å². The molecule has 0 bridgehead atoms. The summed E-state index contributed by atoms with van der Waals surface area (Å²) in [6.07, 6.45) is 4.27. The van der Waals surface area contributed by atoms with Gasteiger partial charge in [0.1, 0.15) is 0 Å². The van der Waals surface area contributed by atoms with E-state index in [1.54, 1.807) is 19.4 Å². The lowest BCUT2D eigenvalue weighted by Crippen LogP contribution is -2.45. The van der Waals surface area contributed by atoms with Crippen molar-refractivity contribution >= 4 is 22.8 Å². The van der Waals surface area contributed by atoms with Gasteiger partial charge in [-0.05, 0) is 25.3 Å².